The van der Waals surface area contributed by atoms with Gasteiger partial charge in [0, 0.05) is 5.56 Å². The highest BCUT2D eigenvalue weighted by molar-refractivity contribution is 9.10. The van der Waals surface area contributed by atoms with Crippen LogP contribution in [0.3, 0.4) is 0 Å². The van der Waals surface area contributed by atoms with Gasteiger partial charge in [-0.15, -0.1) is 0 Å². The number of aryl methyl sites for hydroxylation is 1. The number of hydrogen-bond donors (Lipinski definition) is 2. The molecule has 2 rings (SSSR count). The maximum Gasteiger partial charge on any atom is 0.309 e. The minimum atomic E-state index is -0.953. The van der Waals surface area contributed by atoms with Gasteiger partial charge in [0.15, 0.2) is 4.73 Å². The highest BCUT2D eigenvalue weighted by Crippen LogP contribution is 2.25. The lowest BCUT2D eigenvalue weighted by Crippen LogP contribution is -2.02. The number of aromatic nitrogens is 2. The van der Waals surface area contributed by atoms with Gasteiger partial charge in [-0.05, 0) is 46.6 Å². The van der Waals surface area contributed by atoms with Crippen molar-refractivity contribution in [2.24, 2.45) is 0 Å². The second-order valence-electron chi connectivity index (χ2n) is 3.89. The standard InChI is InChI=1S/C12H10BrFN2O2/c1-6-4-7(2-3-8(6)14)11-9(5-10(17)18)15-12(13)16-11/h2-4H,5H2,1H3,(H,15,16)(H,17,18). The number of benzene rings is 1. The number of nitrogens with one attached hydrogen (secondary N) is 1. The first-order chi connectivity index (χ1) is 8.47. The van der Waals surface area contributed by atoms with E-state index in [9.17, 15) is 9.18 Å². The molecule has 1 aromatic carbocycles. The lowest BCUT2D eigenvalue weighted by Gasteiger charge is -2.03. The summed E-state index contributed by atoms with van der Waals surface area (Å²) < 4.78 is 13.7. The molecule has 1 heterocycles. The van der Waals surface area contributed by atoms with E-state index in [2.05, 4.69) is 25.9 Å². The molecule has 6 heteroatoms. The van der Waals surface area contributed by atoms with Gasteiger partial charge in [0.2, 0.25) is 0 Å². The number of rotatable bonds is 3. The number of aromatic amines is 1. The van der Waals surface area contributed by atoms with E-state index in [0.29, 0.717) is 27.2 Å². The van der Waals surface area contributed by atoms with Crippen molar-refractivity contribution in [3.05, 3.63) is 40.0 Å². The smallest absolute Gasteiger partial charge is 0.309 e. The second-order valence-corrected chi connectivity index (χ2v) is 4.64. The van der Waals surface area contributed by atoms with E-state index in [-0.39, 0.29) is 12.2 Å². The van der Waals surface area contributed by atoms with Gasteiger partial charge in [0.05, 0.1) is 17.8 Å². The summed E-state index contributed by atoms with van der Waals surface area (Å²) in [4.78, 5) is 17.8. The highest BCUT2D eigenvalue weighted by atomic mass is 79.9. The maximum atomic E-state index is 13.2. The van der Waals surface area contributed by atoms with Crippen molar-refractivity contribution in [1.29, 1.82) is 0 Å². The van der Waals surface area contributed by atoms with Gasteiger partial charge in [-0.2, -0.15) is 0 Å². The van der Waals surface area contributed by atoms with Crippen molar-refractivity contribution >= 4 is 21.9 Å². The Balaban J connectivity index is 2.49. The van der Waals surface area contributed by atoms with Gasteiger partial charge in [-0.3, -0.25) is 4.79 Å². The molecule has 0 aliphatic rings. The normalized spacial score (nSPS) is 10.6. The molecule has 0 aliphatic heterocycles. The largest absolute Gasteiger partial charge is 0.481 e. The summed E-state index contributed by atoms with van der Waals surface area (Å²) in [6.07, 6.45) is -0.162. The molecular weight excluding hydrogens is 303 g/mol. The van der Waals surface area contributed by atoms with Crippen molar-refractivity contribution in [2.75, 3.05) is 0 Å². The molecule has 0 bridgehead atoms. The van der Waals surface area contributed by atoms with Crippen LogP contribution in [0.4, 0.5) is 4.39 Å². The molecular formula is C12H10BrFN2O2. The molecule has 0 atom stereocenters. The number of nitrogens with zero attached hydrogens (tertiary/aromatic N) is 1. The zero-order valence-corrected chi connectivity index (χ0v) is 11.1. The lowest BCUT2D eigenvalue weighted by atomic mass is 10.1. The molecule has 0 aliphatic carbocycles. The van der Waals surface area contributed by atoms with Crippen LogP contribution in [0.5, 0.6) is 0 Å². The average Bonchev–Trinajstić information content (AvgIpc) is 2.62. The van der Waals surface area contributed by atoms with Crippen molar-refractivity contribution in [3.8, 4) is 11.3 Å². The van der Waals surface area contributed by atoms with E-state index in [0.717, 1.165) is 0 Å². The van der Waals surface area contributed by atoms with Gasteiger partial charge >= 0.3 is 5.97 Å². The van der Waals surface area contributed by atoms with Gasteiger partial charge in [-0.1, -0.05) is 0 Å². The molecule has 0 saturated carbocycles. The van der Waals surface area contributed by atoms with Gasteiger partial charge in [0.25, 0.3) is 0 Å². The minimum Gasteiger partial charge on any atom is -0.481 e. The van der Waals surface area contributed by atoms with E-state index < -0.39 is 5.97 Å². The molecule has 18 heavy (non-hydrogen) atoms. The topological polar surface area (TPSA) is 66.0 Å². The molecule has 1 aromatic heterocycles. The fourth-order valence-electron chi connectivity index (χ4n) is 1.69. The molecule has 2 aromatic rings. The Bertz CT molecular complexity index is 610. The van der Waals surface area contributed by atoms with Crippen LogP contribution in [0.1, 0.15) is 11.3 Å². The third-order valence-corrected chi connectivity index (χ3v) is 2.88. The number of imidazole rings is 1. The van der Waals surface area contributed by atoms with E-state index in [1.807, 2.05) is 0 Å². The average molecular weight is 313 g/mol. The van der Waals surface area contributed by atoms with Crippen LogP contribution < -0.4 is 0 Å². The number of H-pyrrole nitrogens is 1. The van der Waals surface area contributed by atoms with E-state index in [1.165, 1.54) is 6.07 Å². The predicted octanol–water partition coefficient (Wildman–Crippen LogP) is 2.91. The van der Waals surface area contributed by atoms with Crippen LogP contribution in [0.25, 0.3) is 11.3 Å². The summed E-state index contributed by atoms with van der Waals surface area (Å²) in [6, 6.07) is 4.57. The SMILES string of the molecule is Cc1cc(-c2nc(Br)[nH]c2CC(=O)O)ccc1F. The van der Waals surface area contributed by atoms with Gasteiger partial charge in [-0.25, -0.2) is 9.37 Å². The lowest BCUT2D eigenvalue weighted by molar-refractivity contribution is -0.136. The zero-order valence-electron chi connectivity index (χ0n) is 9.50. The van der Waals surface area contributed by atoms with Crippen LogP contribution in [-0.4, -0.2) is 21.0 Å². The Hall–Kier alpha value is -1.69. The third-order valence-electron chi connectivity index (χ3n) is 2.51. The van der Waals surface area contributed by atoms with Crippen LogP contribution in [0, 0.1) is 12.7 Å². The summed E-state index contributed by atoms with van der Waals surface area (Å²) in [6.45, 7) is 1.65. The quantitative estimate of drug-likeness (QED) is 0.915. The van der Waals surface area contributed by atoms with Gasteiger partial charge < -0.3 is 10.1 Å². The van der Waals surface area contributed by atoms with Crippen molar-refractivity contribution < 1.29 is 14.3 Å². The van der Waals surface area contributed by atoms with Crippen molar-refractivity contribution in [2.45, 2.75) is 13.3 Å². The number of carbonyl (C=O) groups is 1. The number of hydrogen-bond acceptors (Lipinski definition) is 2. The minimum absolute atomic E-state index is 0.162. The van der Waals surface area contributed by atoms with E-state index in [1.54, 1.807) is 19.1 Å². The highest BCUT2D eigenvalue weighted by Gasteiger charge is 2.14. The monoisotopic (exact) mass is 312 g/mol. The molecule has 2 N–H and O–H groups in total. The predicted molar refractivity (Wildman–Crippen MR) is 67.8 cm³/mol. The Morgan fingerprint density at radius 3 is 2.89 bits per heavy atom. The number of carboxylic acid groups (broad SMARTS) is 1. The molecule has 0 unspecified atom stereocenters. The van der Waals surface area contributed by atoms with Crippen molar-refractivity contribution in [1.82, 2.24) is 9.97 Å². The second kappa shape index (κ2) is 4.89. The third kappa shape index (κ3) is 2.59. The van der Waals surface area contributed by atoms with Gasteiger partial charge in [0.1, 0.15) is 5.82 Å². The molecule has 4 nitrogen and oxygen atoms in total. The summed E-state index contributed by atoms with van der Waals surface area (Å²) in [7, 11) is 0. The maximum absolute atomic E-state index is 13.2. The van der Waals surface area contributed by atoms with Crippen LogP contribution in [0.2, 0.25) is 0 Å². The first-order valence-electron chi connectivity index (χ1n) is 5.20. The van der Waals surface area contributed by atoms with Crippen LogP contribution in [0.15, 0.2) is 22.9 Å². The number of carboxylic acids is 1. The van der Waals surface area contributed by atoms with Crippen LogP contribution >= 0.6 is 15.9 Å². The Kier molecular flexibility index (Phi) is 3.47. The molecule has 0 amide bonds. The first-order valence-corrected chi connectivity index (χ1v) is 5.99. The summed E-state index contributed by atoms with van der Waals surface area (Å²) in [5.41, 5.74) is 2.19. The van der Waals surface area contributed by atoms with Crippen molar-refractivity contribution in [3.63, 3.8) is 0 Å². The summed E-state index contributed by atoms with van der Waals surface area (Å²) >= 11 is 3.17. The molecule has 0 fully saturated rings. The van der Waals surface area contributed by atoms with E-state index in [4.69, 9.17) is 5.11 Å². The summed E-state index contributed by atoms with van der Waals surface area (Å²) in [5, 5.41) is 8.82. The first kappa shape index (κ1) is 12.8. The summed E-state index contributed by atoms with van der Waals surface area (Å²) in [5.74, 6) is -1.25. The zero-order chi connectivity index (χ0) is 13.3. The Morgan fingerprint density at radius 2 is 2.28 bits per heavy atom. The number of halogens is 2. The molecule has 94 valence electrons. The molecule has 0 saturated heterocycles. The van der Waals surface area contributed by atoms with E-state index >= 15 is 0 Å². The number of aliphatic carboxylic acids is 1. The van der Waals surface area contributed by atoms with Crippen LogP contribution in [-0.2, 0) is 11.2 Å². The molecule has 0 spiro atoms. The Morgan fingerprint density at radius 1 is 1.56 bits per heavy atom. The fraction of sp³-hybridized carbons (Fsp3) is 0.167. The fourth-order valence-corrected chi connectivity index (χ4v) is 2.10. The Labute approximate surface area is 111 Å². The molecule has 0 radical (unpaired) electrons.